The van der Waals surface area contributed by atoms with Crippen molar-refractivity contribution in [1.82, 2.24) is 24.8 Å². The Hall–Kier alpha value is -2.57. The van der Waals surface area contributed by atoms with Gasteiger partial charge in [-0.05, 0) is 25.2 Å². The summed E-state index contributed by atoms with van der Waals surface area (Å²) in [6.45, 7) is 7.35. The molecule has 7 nitrogen and oxygen atoms in total. The summed E-state index contributed by atoms with van der Waals surface area (Å²) < 4.78 is 0. The van der Waals surface area contributed by atoms with E-state index in [1.54, 1.807) is 12.4 Å². The lowest BCUT2D eigenvalue weighted by molar-refractivity contribution is 0.0718. The van der Waals surface area contributed by atoms with E-state index in [-0.39, 0.29) is 5.91 Å². The third kappa shape index (κ3) is 3.91. The number of hydrogen-bond acceptors (Lipinski definition) is 6. The number of piperidine rings is 1. The molecule has 2 aliphatic rings. The van der Waals surface area contributed by atoms with Crippen molar-refractivity contribution in [3.8, 4) is 0 Å². The molecular weight excluding hydrogens is 340 g/mol. The molecule has 2 aromatic rings. The zero-order valence-corrected chi connectivity index (χ0v) is 16.1. The molecule has 2 aromatic heterocycles. The van der Waals surface area contributed by atoms with Crippen molar-refractivity contribution >= 4 is 11.7 Å². The van der Waals surface area contributed by atoms with Crippen LogP contribution in [0.3, 0.4) is 0 Å². The molecule has 0 atom stereocenters. The molecule has 0 unspecified atom stereocenters. The molecule has 0 N–H and O–H groups in total. The number of amides is 1. The second-order valence-electron chi connectivity index (χ2n) is 7.83. The smallest absolute Gasteiger partial charge is 0.274 e. The van der Waals surface area contributed by atoms with Gasteiger partial charge < -0.3 is 9.80 Å². The number of nitrogens with zero attached hydrogens (tertiary/aromatic N) is 6. The molecule has 2 aliphatic heterocycles. The summed E-state index contributed by atoms with van der Waals surface area (Å²) in [6, 6.07) is 0. The van der Waals surface area contributed by atoms with Gasteiger partial charge in [-0.3, -0.25) is 9.78 Å². The van der Waals surface area contributed by atoms with E-state index < -0.39 is 0 Å². The summed E-state index contributed by atoms with van der Waals surface area (Å²) in [5.41, 5.74) is 2.60. The van der Waals surface area contributed by atoms with Crippen molar-refractivity contribution in [3.05, 3.63) is 41.4 Å². The summed E-state index contributed by atoms with van der Waals surface area (Å²) in [6.07, 6.45) is 9.44. The van der Waals surface area contributed by atoms with Crippen LogP contribution in [0.25, 0.3) is 0 Å². The Morgan fingerprint density at radius 3 is 2.67 bits per heavy atom. The lowest BCUT2D eigenvalue weighted by atomic mass is 10.1. The molecule has 1 fully saturated rings. The van der Waals surface area contributed by atoms with Gasteiger partial charge in [0.25, 0.3) is 5.91 Å². The summed E-state index contributed by atoms with van der Waals surface area (Å²) in [4.78, 5) is 34.8. The van der Waals surface area contributed by atoms with Gasteiger partial charge in [0.1, 0.15) is 17.3 Å². The summed E-state index contributed by atoms with van der Waals surface area (Å²) in [5, 5.41) is 0. The highest BCUT2D eigenvalue weighted by Gasteiger charge is 2.25. The third-order valence-electron chi connectivity index (χ3n) is 5.10. The van der Waals surface area contributed by atoms with Crippen molar-refractivity contribution in [2.75, 3.05) is 18.0 Å². The van der Waals surface area contributed by atoms with E-state index in [0.29, 0.717) is 24.7 Å². The Kier molecular flexibility index (Phi) is 5.01. The number of anilines is 1. The second kappa shape index (κ2) is 7.58. The van der Waals surface area contributed by atoms with E-state index in [2.05, 4.69) is 33.7 Å². The Balaban J connectivity index is 1.50. The average molecular weight is 366 g/mol. The van der Waals surface area contributed by atoms with Crippen LogP contribution in [0.5, 0.6) is 0 Å². The molecule has 0 spiro atoms. The average Bonchev–Trinajstić information content (AvgIpc) is 3.11. The first-order valence-electron chi connectivity index (χ1n) is 9.80. The second-order valence-corrected chi connectivity index (χ2v) is 7.83. The van der Waals surface area contributed by atoms with Gasteiger partial charge in [0.05, 0.1) is 24.6 Å². The fourth-order valence-corrected chi connectivity index (χ4v) is 3.69. The maximum Gasteiger partial charge on any atom is 0.274 e. The third-order valence-corrected chi connectivity index (χ3v) is 5.10. The highest BCUT2D eigenvalue weighted by Crippen LogP contribution is 2.25. The van der Waals surface area contributed by atoms with Crippen LogP contribution in [0.15, 0.2) is 18.6 Å². The van der Waals surface area contributed by atoms with Crippen LogP contribution in [0.4, 0.5) is 5.82 Å². The van der Waals surface area contributed by atoms with Crippen LogP contribution in [0.1, 0.15) is 60.7 Å². The fourth-order valence-electron chi connectivity index (χ4n) is 3.69. The van der Waals surface area contributed by atoms with E-state index >= 15 is 0 Å². The topological polar surface area (TPSA) is 75.1 Å². The molecule has 0 bridgehead atoms. The highest BCUT2D eigenvalue weighted by atomic mass is 16.2. The molecule has 1 amide bonds. The van der Waals surface area contributed by atoms with Crippen LogP contribution < -0.4 is 4.90 Å². The molecule has 27 heavy (non-hydrogen) atoms. The normalized spacial score (nSPS) is 16.7. The van der Waals surface area contributed by atoms with Gasteiger partial charge in [-0.15, -0.1) is 0 Å². The Morgan fingerprint density at radius 2 is 1.89 bits per heavy atom. The molecule has 1 saturated heterocycles. The molecule has 4 rings (SSSR count). The Bertz CT molecular complexity index is 831. The van der Waals surface area contributed by atoms with Crippen LogP contribution >= 0.6 is 0 Å². The maximum absolute atomic E-state index is 12.7. The van der Waals surface area contributed by atoms with Crippen molar-refractivity contribution in [1.29, 1.82) is 0 Å². The number of rotatable bonds is 4. The Labute approximate surface area is 159 Å². The van der Waals surface area contributed by atoms with E-state index in [1.807, 2.05) is 11.1 Å². The number of carbonyl (C=O) groups excluding carboxylic acids is 1. The standard InChI is InChI=1S/C20H26N6O/c1-14(2)8-18-22-9-15-12-26(13-17(15)23-18)19-11-21-10-16(24-19)20(27)25-6-4-3-5-7-25/h9-11,14H,3-8,12-13H2,1-2H3. The van der Waals surface area contributed by atoms with E-state index in [1.165, 1.54) is 6.42 Å². The maximum atomic E-state index is 12.7. The van der Waals surface area contributed by atoms with Gasteiger partial charge in [-0.25, -0.2) is 15.0 Å². The van der Waals surface area contributed by atoms with Gasteiger partial charge in [-0.2, -0.15) is 0 Å². The van der Waals surface area contributed by atoms with Crippen molar-refractivity contribution in [2.45, 2.75) is 52.6 Å². The SMILES string of the molecule is CC(C)Cc1ncc2c(n1)CN(c1cncc(C(=O)N3CCCCC3)n1)C2. The minimum absolute atomic E-state index is 0.0141. The van der Waals surface area contributed by atoms with Gasteiger partial charge >= 0.3 is 0 Å². The van der Waals surface area contributed by atoms with E-state index in [0.717, 1.165) is 55.3 Å². The molecule has 4 heterocycles. The summed E-state index contributed by atoms with van der Waals surface area (Å²) in [7, 11) is 0. The van der Waals surface area contributed by atoms with E-state index in [9.17, 15) is 4.79 Å². The molecule has 0 saturated carbocycles. The van der Waals surface area contributed by atoms with E-state index in [4.69, 9.17) is 4.98 Å². The lowest BCUT2D eigenvalue weighted by Crippen LogP contribution is -2.36. The minimum atomic E-state index is -0.0141. The highest BCUT2D eigenvalue weighted by molar-refractivity contribution is 5.92. The first-order chi connectivity index (χ1) is 13.1. The predicted octanol–water partition coefficient (Wildman–Crippen LogP) is 2.61. The first kappa shape index (κ1) is 17.8. The van der Waals surface area contributed by atoms with Crippen molar-refractivity contribution in [2.24, 2.45) is 5.92 Å². The zero-order chi connectivity index (χ0) is 18.8. The zero-order valence-electron chi connectivity index (χ0n) is 16.1. The van der Waals surface area contributed by atoms with Crippen molar-refractivity contribution in [3.63, 3.8) is 0 Å². The van der Waals surface area contributed by atoms with Crippen LogP contribution in [0, 0.1) is 5.92 Å². The number of aromatic nitrogens is 4. The molecule has 0 aliphatic carbocycles. The summed E-state index contributed by atoms with van der Waals surface area (Å²) in [5.74, 6) is 2.13. The predicted molar refractivity (Wildman–Crippen MR) is 102 cm³/mol. The van der Waals surface area contributed by atoms with Gasteiger partial charge in [0, 0.05) is 37.8 Å². The lowest BCUT2D eigenvalue weighted by Gasteiger charge is -2.26. The number of fused-ring (bicyclic) bond motifs is 1. The van der Waals surface area contributed by atoms with Crippen molar-refractivity contribution < 1.29 is 4.79 Å². The summed E-state index contributed by atoms with van der Waals surface area (Å²) >= 11 is 0. The molecule has 0 aromatic carbocycles. The molecule has 7 heteroatoms. The quantitative estimate of drug-likeness (QED) is 0.828. The first-order valence-corrected chi connectivity index (χ1v) is 9.80. The monoisotopic (exact) mass is 366 g/mol. The van der Waals surface area contributed by atoms with Crippen LogP contribution in [0.2, 0.25) is 0 Å². The van der Waals surface area contributed by atoms with Gasteiger partial charge in [-0.1, -0.05) is 13.8 Å². The Morgan fingerprint density at radius 1 is 1.07 bits per heavy atom. The number of hydrogen-bond donors (Lipinski definition) is 0. The molecular formula is C20H26N6O. The van der Waals surface area contributed by atoms with Gasteiger partial charge in [0.15, 0.2) is 0 Å². The molecule has 142 valence electrons. The van der Waals surface area contributed by atoms with Gasteiger partial charge in [0.2, 0.25) is 0 Å². The molecule has 0 radical (unpaired) electrons. The minimum Gasteiger partial charge on any atom is -0.345 e. The fraction of sp³-hybridized carbons (Fsp3) is 0.550. The number of likely N-dealkylation sites (tertiary alicyclic amines) is 1. The van der Waals surface area contributed by atoms with Crippen LogP contribution in [-0.2, 0) is 19.5 Å². The largest absolute Gasteiger partial charge is 0.345 e. The number of carbonyl (C=O) groups is 1. The van der Waals surface area contributed by atoms with Crippen LogP contribution in [-0.4, -0.2) is 43.8 Å².